The Hall–Kier alpha value is -0.920. The van der Waals surface area contributed by atoms with E-state index in [4.69, 9.17) is 13.8 Å². The fourth-order valence-electron chi connectivity index (χ4n) is 4.77. The summed E-state index contributed by atoms with van der Waals surface area (Å²) in [5.74, 6) is -0.485. The van der Waals surface area contributed by atoms with Crippen LogP contribution in [0.15, 0.2) is 12.2 Å². The van der Waals surface area contributed by atoms with Crippen molar-refractivity contribution in [1.29, 1.82) is 0 Å². The molecule has 0 aromatic rings. The molecule has 37 heavy (non-hydrogen) atoms. The Labute approximate surface area is 229 Å². The molecule has 1 atom stereocenters. The van der Waals surface area contributed by atoms with E-state index in [1.165, 1.54) is 89.9 Å². The highest BCUT2D eigenvalue weighted by atomic mass is 32.3. The van der Waals surface area contributed by atoms with E-state index in [9.17, 15) is 13.2 Å². The average Bonchev–Trinajstić information content (AvgIpc) is 2.84. The Kier molecular flexibility index (Phi) is 26.0. The van der Waals surface area contributed by atoms with Gasteiger partial charge < -0.3 is 5.11 Å². The molecule has 0 saturated carbocycles. The van der Waals surface area contributed by atoms with Crippen molar-refractivity contribution in [3.05, 3.63) is 12.2 Å². The number of rotatable bonds is 29. The summed E-state index contributed by atoms with van der Waals surface area (Å²) in [6.45, 7) is 2.34. The van der Waals surface area contributed by atoms with Gasteiger partial charge in [-0.2, -0.15) is 8.42 Å². The SMILES string of the molecule is CCCCCCCCCCC(CCCCCCCC/C=C\CCCCCCCC(=O)O)COS(=O)(=O)O. The first-order valence-electron chi connectivity index (χ1n) is 15.3. The first-order chi connectivity index (χ1) is 17.8. The highest BCUT2D eigenvalue weighted by Gasteiger charge is 2.13. The van der Waals surface area contributed by atoms with Crippen molar-refractivity contribution < 1.29 is 27.1 Å². The zero-order valence-corrected chi connectivity index (χ0v) is 24.7. The average molecular weight is 547 g/mol. The van der Waals surface area contributed by atoms with Crippen molar-refractivity contribution >= 4 is 16.4 Å². The highest BCUT2D eigenvalue weighted by Crippen LogP contribution is 2.20. The summed E-state index contributed by atoms with van der Waals surface area (Å²) in [6, 6.07) is 0. The number of hydrogen-bond acceptors (Lipinski definition) is 4. The second-order valence-electron chi connectivity index (χ2n) is 10.7. The van der Waals surface area contributed by atoms with Gasteiger partial charge in [-0.1, -0.05) is 122 Å². The van der Waals surface area contributed by atoms with Gasteiger partial charge in [0.05, 0.1) is 6.61 Å². The molecule has 0 fully saturated rings. The van der Waals surface area contributed by atoms with Crippen LogP contribution < -0.4 is 0 Å². The Balaban J connectivity index is 3.70. The van der Waals surface area contributed by atoms with Crippen LogP contribution in [0, 0.1) is 5.92 Å². The van der Waals surface area contributed by atoms with Crippen LogP contribution >= 0.6 is 0 Å². The van der Waals surface area contributed by atoms with Gasteiger partial charge in [-0.25, -0.2) is 4.18 Å². The number of carboxylic acids is 1. The molecule has 0 aromatic carbocycles. The second-order valence-corrected chi connectivity index (χ2v) is 11.8. The summed E-state index contributed by atoms with van der Waals surface area (Å²) < 4.78 is 35.6. The fraction of sp³-hybridized carbons (Fsp3) is 0.900. The van der Waals surface area contributed by atoms with Crippen LogP contribution in [0.3, 0.4) is 0 Å². The molecule has 0 aliphatic carbocycles. The molecule has 0 aliphatic heterocycles. The number of carbonyl (C=O) groups is 1. The highest BCUT2D eigenvalue weighted by molar-refractivity contribution is 7.80. The first kappa shape index (κ1) is 36.1. The first-order valence-corrected chi connectivity index (χ1v) is 16.7. The van der Waals surface area contributed by atoms with E-state index in [-0.39, 0.29) is 12.5 Å². The van der Waals surface area contributed by atoms with Crippen molar-refractivity contribution in [2.45, 2.75) is 161 Å². The molecule has 0 saturated heterocycles. The molecular formula is C30H58O6S. The summed E-state index contributed by atoms with van der Waals surface area (Å²) in [5.41, 5.74) is 0. The lowest BCUT2D eigenvalue weighted by molar-refractivity contribution is -0.137. The molecule has 0 amide bonds. The van der Waals surface area contributed by atoms with Crippen LogP contribution in [0.2, 0.25) is 0 Å². The monoisotopic (exact) mass is 546 g/mol. The van der Waals surface area contributed by atoms with Crippen LogP contribution in [-0.4, -0.2) is 30.7 Å². The largest absolute Gasteiger partial charge is 0.481 e. The maximum absolute atomic E-state index is 11.0. The lowest BCUT2D eigenvalue weighted by atomic mass is 9.95. The van der Waals surface area contributed by atoms with Gasteiger partial charge in [-0.15, -0.1) is 0 Å². The van der Waals surface area contributed by atoms with Crippen molar-refractivity contribution in [2.24, 2.45) is 5.92 Å². The third-order valence-corrected chi connectivity index (χ3v) is 7.51. The zero-order chi connectivity index (χ0) is 27.5. The predicted octanol–water partition coefficient (Wildman–Crippen LogP) is 9.45. The van der Waals surface area contributed by atoms with Gasteiger partial charge in [0.1, 0.15) is 0 Å². The number of aliphatic carboxylic acids is 1. The fourth-order valence-corrected chi connectivity index (χ4v) is 5.13. The van der Waals surface area contributed by atoms with E-state index < -0.39 is 16.4 Å². The van der Waals surface area contributed by atoms with Crippen molar-refractivity contribution in [1.82, 2.24) is 0 Å². The van der Waals surface area contributed by atoms with Gasteiger partial charge in [-0.3, -0.25) is 9.35 Å². The molecule has 0 spiro atoms. The molecule has 0 radical (unpaired) electrons. The third kappa shape index (κ3) is 31.2. The number of allylic oxidation sites excluding steroid dienone is 2. The summed E-state index contributed by atoms with van der Waals surface area (Å²) in [7, 11) is -4.35. The van der Waals surface area contributed by atoms with E-state index in [2.05, 4.69) is 19.1 Å². The molecule has 2 N–H and O–H groups in total. The molecule has 0 bridgehead atoms. The van der Waals surface area contributed by atoms with Crippen LogP contribution in [0.25, 0.3) is 0 Å². The van der Waals surface area contributed by atoms with Gasteiger partial charge in [0, 0.05) is 6.42 Å². The minimum atomic E-state index is -4.35. The van der Waals surface area contributed by atoms with E-state index in [0.29, 0.717) is 6.42 Å². The molecule has 0 rings (SSSR count). The number of hydrogen-bond donors (Lipinski definition) is 2. The zero-order valence-electron chi connectivity index (χ0n) is 23.8. The topological polar surface area (TPSA) is 101 Å². The minimum Gasteiger partial charge on any atom is -0.481 e. The quantitative estimate of drug-likeness (QED) is 0.0550. The van der Waals surface area contributed by atoms with E-state index in [0.717, 1.165) is 57.8 Å². The van der Waals surface area contributed by atoms with Crippen LogP contribution in [0.5, 0.6) is 0 Å². The molecule has 0 heterocycles. The predicted molar refractivity (Wildman–Crippen MR) is 154 cm³/mol. The van der Waals surface area contributed by atoms with Gasteiger partial charge in [-0.05, 0) is 50.9 Å². The second kappa shape index (κ2) is 26.7. The minimum absolute atomic E-state index is 0.104. The lowest BCUT2D eigenvalue weighted by Crippen LogP contribution is -2.14. The Morgan fingerprint density at radius 1 is 0.676 bits per heavy atom. The maximum Gasteiger partial charge on any atom is 0.397 e. The Bertz CT molecular complexity index is 632. The van der Waals surface area contributed by atoms with E-state index >= 15 is 0 Å². The lowest BCUT2D eigenvalue weighted by Gasteiger charge is -2.16. The molecule has 6 nitrogen and oxygen atoms in total. The molecular weight excluding hydrogens is 488 g/mol. The summed E-state index contributed by atoms with van der Waals surface area (Å²) in [6.07, 6.45) is 31.7. The van der Waals surface area contributed by atoms with Gasteiger partial charge >= 0.3 is 16.4 Å². The smallest absolute Gasteiger partial charge is 0.397 e. The van der Waals surface area contributed by atoms with Gasteiger partial charge in [0.25, 0.3) is 0 Å². The van der Waals surface area contributed by atoms with Gasteiger partial charge in [0.15, 0.2) is 0 Å². The van der Waals surface area contributed by atoms with E-state index in [1.807, 2.05) is 0 Å². The molecule has 0 aliphatic rings. The van der Waals surface area contributed by atoms with Crippen molar-refractivity contribution in [3.8, 4) is 0 Å². The van der Waals surface area contributed by atoms with Crippen LogP contribution in [-0.2, 0) is 19.4 Å². The Morgan fingerprint density at radius 3 is 1.51 bits per heavy atom. The summed E-state index contributed by atoms with van der Waals surface area (Å²) >= 11 is 0. The number of carboxylic acid groups (broad SMARTS) is 1. The molecule has 220 valence electrons. The molecule has 1 unspecified atom stereocenters. The maximum atomic E-state index is 11.0. The van der Waals surface area contributed by atoms with Crippen LogP contribution in [0.4, 0.5) is 0 Å². The summed E-state index contributed by atoms with van der Waals surface area (Å²) in [4.78, 5) is 10.5. The van der Waals surface area contributed by atoms with Gasteiger partial charge in [0.2, 0.25) is 0 Å². The van der Waals surface area contributed by atoms with Crippen molar-refractivity contribution in [3.63, 3.8) is 0 Å². The van der Waals surface area contributed by atoms with E-state index in [1.54, 1.807) is 0 Å². The number of unbranched alkanes of at least 4 members (excludes halogenated alkanes) is 18. The molecule has 7 heteroatoms. The van der Waals surface area contributed by atoms with Crippen LogP contribution in [0.1, 0.15) is 161 Å². The molecule has 0 aromatic heterocycles. The normalized spacial score (nSPS) is 12.9. The standard InChI is InChI=1S/C30H58O6S/c1-2-3-4-5-6-16-19-22-25-29(28-36-37(33,34)35)26-23-20-17-14-12-10-8-7-9-11-13-15-18-21-24-27-30(31)32/h7,9,29H,2-6,8,10-28H2,1H3,(H,31,32)(H,33,34,35)/b9-7-. The Morgan fingerprint density at radius 2 is 1.08 bits per heavy atom. The van der Waals surface area contributed by atoms with Crippen molar-refractivity contribution in [2.75, 3.05) is 6.61 Å². The third-order valence-electron chi connectivity index (χ3n) is 7.08. The summed E-state index contributed by atoms with van der Waals surface area (Å²) in [5, 5.41) is 8.61.